The maximum absolute atomic E-state index is 12.0. The van der Waals surface area contributed by atoms with Crippen molar-refractivity contribution in [1.29, 1.82) is 0 Å². The number of primary amides is 1. The van der Waals surface area contributed by atoms with Crippen LogP contribution >= 0.6 is 0 Å². The third-order valence-electron chi connectivity index (χ3n) is 5.07. The van der Waals surface area contributed by atoms with Crippen molar-refractivity contribution in [3.8, 4) is 0 Å². The zero-order chi connectivity index (χ0) is 17.3. The van der Waals surface area contributed by atoms with E-state index >= 15 is 0 Å². The van der Waals surface area contributed by atoms with Gasteiger partial charge in [-0.1, -0.05) is 36.4 Å². The Kier molecular flexibility index (Phi) is 4.18. The van der Waals surface area contributed by atoms with E-state index in [2.05, 4.69) is 36.1 Å². The average molecular weight is 326 g/mol. The number of ether oxygens (including phenoxy) is 1. The van der Waals surface area contributed by atoms with E-state index in [9.17, 15) is 9.59 Å². The third-order valence-corrected chi connectivity index (χ3v) is 5.07. The lowest BCUT2D eigenvalue weighted by Gasteiger charge is -2.48. The van der Waals surface area contributed by atoms with Crippen LogP contribution < -0.4 is 10.6 Å². The number of hydrogen-bond acceptors (Lipinski definition) is 4. The molecule has 5 nitrogen and oxygen atoms in total. The molecule has 2 aromatic carbocycles. The van der Waals surface area contributed by atoms with Crippen LogP contribution in [0.4, 0.5) is 5.69 Å². The van der Waals surface area contributed by atoms with Gasteiger partial charge in [0.15, 0.2) is 0 Å². The number of carbonyl (C=O) groups is 2. The Balaban J connectivity index is 1.91. The fraction of sp³-hybridized carbons (Fsp3) is 0.368. The summed E-state index contributed by atoms with van der Waals surface area (Å²) in [4.78, 5) is 26.1. The first kappa shape index (κ1) is 16.3. The van der Waals surface area contributed by atoms with Crippen molar-refractivity contribution in [3.63, 3.8) is 0 Å². The molecule has 0 aromatic heterocycles. The monoisotopic (exact) mass is 326 g/mol. The molecule has 126 valence electrons. The number of nitrogens with zero attached hydrogens (tertiary/aromatic N) is 1. The van der Waals surface area contributed by atoms with Gasteiger partial charge in [-0.15, -0.1) is 0 Å². The van der Waals surface area contributed by atoms with Crippen LogP contribution in [0.15, 0.2) is 42.5 Å². The minimum atomic E-state index is -1.18. The molecule has 0 saturated heterocycles. The van der Waals surface area contributed by atoms with E-state index < -0.39 is 17.3 Å². The van der Waals surface area contributed by atoms with Gasteiger partial charge >= 0.3 is 5.97 Å². The first-order chi connectivity index (χ1) is 11.5. The highest BCUT2D eigenvalue weighted by molar-refractivity contribution is 6.03. The van der Waals surface area contributed by atoms with Crippen molar-refractivity contribution in [1.82, 2.24) is 0 Å². The molecule has 1 fully saturated rings. The van der Waals surface area contributed by atoms with Crippen molar-refractivity contribution < 1.29 is 14.3 Å². The van der Waals surface area contributed by atoms with Gasteiger partial charge in [0.1, 0.15) is 5.41 Å². The number of fused-ring (bicyclic) bond motifs is 1. The maximum Gasteiger partial charge on any atom is 0.321 e. The van der Waals surface area contributed by atoms with Crippen LogP contribution in [-0.2, 0) is 14.3 Å². The molecule has 1 aliphatic rings. The molecule has 24 heavy (non-hydrogen) atoms. The smallest absolute Gasteiger partial charge is 0.321 e. The number of hydrogen-bond donors (Lipinski definition) is 1. The molecule has 2 aromatic rings. The molecule has 1 aliphatic carbocycles. The molecule has 0 bridgehead atoms. The average Bonchev–Trinajstić information content (AvgIpc) is 2.56. The Morgan fingerprint density at radius 1 is 1.21 bits per heavy atom. The lowest BCUT2D eigenvalue weighted by molar-refractivity contribution is -0.165. The number of anilines is 1. The Labute approximate surface area is 141 Å². The van der Waals surface area contributed by atoms with Gasteiger partial charge in [-0.05, 0) is 31.2 Å². The summed E-state index contributed by atoms with van der Waals surface area (Å²) >= 11 is 0. The van der Waals surface area contributed by atoms with Gasteiger partial charge in [0.2, 0.25) is 5.91 Å². The highest BCUT2D eigenvalue weighted by Gasteiger charge is 2.57. The van der Waals surface area contributed by atoms with Gasteiger partial charge in [-0.2, -0.15) is 0 Å². The predicted molar refractivity (Wildman–Crippen MR) is 93.6 cm³/mol. The summed E-state index contributed by atoms with van der Waals surface area (Å²) in [6.07, 6.45) is 0.790. The minimum Gasteiger partial charge on any atom is -0.468 e. The molecule has 0 atom stereocenters. The summed E-state index contributed by atoms with van der Waals surface area (Å²) < 4.78 is 4.80. The topological polar surface area (TPSA) is 72.6 Å². The molecular formula is C19H22N2O3. The Hall–Kier alpha value is -2.56. The molecule has 0 aliphatic heterocycles. The number of esters is 1. The lowest BCUT2D eigenvalue weighted by Crippen LogP contribution is -2.60. The van der Waals surface area contributed by atoms with E-state index in [1.807, 2.05) is 18.2 Å². The van der Waals surface area contributed by atoms with Crippen LogP contribution in [0, 0.1) is 5.41 Å². The second kappa shape index (κ2) is 6.15. The van der Waals surface area contributed by atoms with E-state index in [1.165, 1.54) is 12.5 Å². The molecule has 3 rings (SSSR count). The quantitative estimate of drug-likeness (QED) is 0.677. The van der Waals surface area contributed by atoms with Crippen molar-refractivity contribution in [2.75, 3.05) is 18.6 Å². The molecule has 2 N–H and O–H groups in total. The fourth-order valence-electron chi connectivity index (χ4n) is 3.71. The van der Waals surface area contributed by atoms with Crippen molar-refractivity contribution in [3.05, 3.63) is 42.5 Å². The summed E-state index contributed by atoms with van der Waals surface area (Å²) in [5.74, 6) is -1.13. The number of amides is 1. The molecule has 1 amide bonds. The molecular weight excluding hydrogens is 304 g/mol. The highest BCUT2D eigenvalue weighted by Crippen LogP contribution is 2.46. The first-order valence-corrected chi connectivity index (χ1v) is 8.16. The minimum absolute atomic E-state index is 0.0902. The van der Waals surface area contributed by atoms with Crippen LogP contribution in [0.2, 0.25) is 0 Å². The Morgan fingerprint density at radius 2 is 1.88 bits per heavy atom. The van der Waals surface area contributed by atoms with E-state index in [0.717, 1.165) is 17.6 Å². The Morgan fingerprint density at radius 3 is 2.50 bits per heavy atom. The molecule has 0 unspecified atom stereocenters. The van der Waals surface area contributed by atoms with Crippen LogP contribution in [0.5, 0.6) is 0 Å². The summed E-state index contributed by atoms with van der Waals surface area (Å²) in [7, 11) is 1.29. The van der Waals surface area contributed by atoms with Gasteiger partial charge in [-0.25, -0.2) is 0 Å². The predicted octanol–water partition coefficient (Wildman–Crippen LogP) is 2.47. The summed E-state index contributed by atoms with van der Waals surface area (Å²) in [6, 6.07) is 14.5. The zero-order valence-electron chi connectivity index (χ0n) is 14.0. The molecule has 1 saturated carbocycles. The SMILES string of the molecule is CCN(c1cccc2ccccc12)C1CC(C(N)=O)(C(=O)OC)C1. The third kappa shape index (κ3) is 2.40. The molecule has 5 heteroatoms. The highest BCUT2D eigenvalue weighted by atomic mass is 16.5. The standard InChI is InChI=1S/C19H22N2O3/c1-3-21(14-11-19(12-14,17(20)22)18(23)24-2)16-10-6-8-13-7-4-5-9-15(13)16/h4-10,14H,3,11-12H2,1-2H3,(H2,20,22). The maximum atomic E-state index is 12.0. The fourth-order valence-corrected chi connectivity index (χ4v) is 3.71. The lowest BCUT2D eigenvalue weighted by atomic mass is 9.64. The second-order valence-electron chi connectivity index (χ2n) is 6.28. The Bertz CT molecular complexity index is 776. The number of carbonyl (C=O) groups excluding carboxylic acids is 2. The van der Waals surface area contributed by atoms with Crippen molar-refractivity contribution >= 4 is 28.3 Å². The molecule has 0 radical (unpaired) electrons. The van der Waals surface area contributed by atoms with Gasteiger partial charge in [0.25, 0.3) is 0 Å². The van der Waals surface area contributed by atoms with Gasteiger partial charge in [-0.3, -0.25) is 9.59 Å². The van der Waals surface area contributed by atoms with Gasteiger partial charge < -0.3 is 15.4 Å². The normalized spacial score (nSPS) is 22.7. The van der Waals surface area contributed by atoms with E-state index in [1.54, 1.807) is 0 Å². The number of benzene rings is 2. The van der Waals surface area contributed by atoms with E-state index in [-0.39, 0.29) is 6.04 Å². The number of nitrogens with two attached hydrogens (primary N) is 1. The van der Waals surface area contributed by atoms with E-state index in [0.29, 0.717) is 12.8 Å². The van der Waals surface area contributed by atoms with Gasteiger partial charge in [0.05, 0.1) is 7.11 Å². The van der Waals surface area contributed by atoms with Crippen LogP contribution in [0.1, 0.15) is 19.8 Å². The molecule has 0 heterocycles. The van der Waals surface area contributed by atoms with Crippen LogP contribution in [-0.4, -0.2) is 31.6 Å². The largest absolute Gasteiger partial charge is 0.468 e. The van der Waals surface area contributed by atoms with Crippen molar-refractivity contribution in [2.45, 2.75) is 25.8 Å². The number of methoxy groups -OCH3 is 1. The van der Waals surface area contributed by atoms with Gasteiger partial charge in [0, 0.05) is 23.7 Å². The van der Waals surface area contributed by atoms with Crippen LogP contribution in [0.25, 0.3) is 10.8 Å². The second-order valence-corrected chi connectivity index (χ2v) is 6.28. The zero-order valence-corrected chi connectivity index (χ0v) is 14.0. The van der Waals surface area contributed by atoms with E-state index in [4.69, 9.17) is 10.5 Å². The van der Waals surface area contributed by atoms with Crippen molar-refractivity contribution in [2.24, 2.45) is 11.1 Å². The number of rotatable bonds is 5. The summed E-state index contributed by atoms with van der Waals surface area (Å²) in [6.45, 7) is 2.86. The molecule has 0 spiro atoms. The first-order valence-electron chi connectivity index (χ1n) is 8.16. The summed E-state index contributed by atoms with van der Waals surface area (Å²) in [5, 5.41) is 2.33. The summed E-state index contributed by atoms with van der Waals surface area (Å²) in [5.41, 5.74) is 5.42. The van der Waals surface area contributed by atoms with Crippen LogP contribution in [0.3, 0.4) is 0 Å².